The second-order valence-corrected chi connectivity index (χ2v) is 6.03. The van der Waals surface area contributed by atoms with E-state index >= 15 is 0 Å². The molecule has 1 aliphatic heterocycles. The number of fused-ring (bicyclic) bond motifs is 1. The zero-order chi connectivity index (χ0) is 13.9. The summed E-state index contributed by atoms with van der Waals surface area (Å²) in [7, 11) is 1.95. The number of halogens is 1. The second kappa shape index (κ2) is 5.89. The summed E-state index contributed by atoms with van der Waals surface area (Å²) in [4.78, 5) is 7.90. The van der Waals surface area contributed by atoms with Gasteiger partial charge in [0.15, 0.2) is 5.13 Å². The predicted molar refractivity (Wildman–Crippen MR) is 80.8 cm³/mol. The Labute approximate surface area is 122 Å². The summed E-state index contributed by atoms with van der Waals surface area (Å²) in [6, 6.07) is 7.79. The van der Waals surface area contributed by atoms with Gasteiger partial charge in [-0.25, -0.2) is 0 Å². The highest BCUT2D eigenvalue weighted by Crippen LogP contribution is 2.37. The van der Waals surface area contributed by atoms with Gasteiger partial charge in [0.05, 0.1) is 17.4 Å². The highest BCUT2D eigenvalue weighted by Gasteiger charge is 2.28. The predicted octanol–water partition coefficient (Wildman–Crippen LogP) is 3.00. The van der Waals surface area contributed by atoms with Crippen molar-refractivity contribution in [2.24, 2.45) is 0 Å². The second-order valence-electron chi connectivity index (χ2n) is 4.96. The van der Waals surface area contributed by atoms with Crippen LogP contribution < -0.4 is 10.2 Å². The Kier molecular flexibility index (Phi) is 3.98. The van der Waals surface area contributed by atoms with Crippen LogP contribution in [0.4, 0.5) is 10.1 Å². The van der Waals surface area contributed by atoms with Gasteiger partial charge in [-0.15, -0.1) is 11.3 Å². The van der Waals surface area contributed by atoms with E-state index in [0.29, 0.717) is 0 Å². The molecule has 3 nitrogen and oxygen atoms in total. The molecule has 20 heavy (non-hydrogen) atoms. The van der Waals surface area contributed by atoms with E-state index in [9.17, 15) is 4.39 Å². The molecule has 0 aromatic carbocycles. The first-order valence-electron chi connectivity index (χ1n) is 6.90. The van der Waals surface area contributed by atoms with Crippen molar-refractivity contribution in [3.05, 3.63) is 46.2 Å². The van der Waals surface area contributed by atoms with Gasteiger partial charge in [0.1, 0.15) is 0 Å². The van der Waals surface area contributed by atoms with Crippen molar-refractivity contribution in [1.29, 1.82) is 0 Å². The molecule has 2 aromatic rings. The Balaban J connectivity index is 1.90. The van der Waals surface area contributed by atoms with Gasteiger partial charge >= 0.3 is 0 Å². The fourth-order valence-electron chi connectivity index (χ4n) is 2.79. The van der Waals surface area contributed by atoms with Crippen molar-refractivity contribution in [3.63, 3.8) is 0 Å². The molecule has 0 radical (unpaired) electrons. The van der Waals surface area contributed by atoms with E-state index in [1.807, 2.05) is 25.4 Å². The van der Waals surface area contributed by atoms with Crippen molar-refractivity contribution in [3.8, 4) is 0 Å². The number of aromatic nitrogens is 1. The minimum absolute atomic E-state index is 0.111. The topological polar surface area (TPSA) is 28.2 Å². The Bertz CT molecular complexity index is 584. The van der Waals surface area contributed by atoms with Crippen LogP contribution in [0.5, 0.6) is 0 Å². The molecule has 0 saturated heterocycles. The van der Waals surface area contributed by atoms with Crippen LogP contribution in [0.15, 0.2) is 30.5 Å². The van der Waals surface area contributed by atoms with Gasteiger partial charge in [-0.3, -0.25) is 4.98 Å². The number of hydrogen-bond donors (Lipinski definition) is 1. The van der Waals surface area contributed by atoms with Crippen molar-refractivity contribution in [2.45, 2.75) is 18.9 Å². The van der Waals surface area contributed by atoms with Gasteiger partial charge in [-0.1, -0.05) is 0 Å². The quantitative estimate of drug-likeness (QED) is 0.918. The van der Waals surface area contributed by atoms with Crippen LogP contribution in [0.3, 0.4) is 0 Å². The van der Waals surface area contributed by atoms with Gasteiger partial charge in [-0.2, -0.15) is 4.39 Å². The van der Waals surface area contributed by atoms with Gasteiger partial charge in [0.2, 0.25) is 0 Å². The maximum absolute atomic E-state index is 13.4. The summed E-state index contributed by atoms with van der Waals surface area (Å²) in [5, 5.41) is 3.08. The van der Waals surface area contributed by atoms with Crippen molar-refractivity contribution >= 4 is 17.0 Å². The van der Waals surface area contributed by atoms with Gasteiger partial charge in [0.25, 0.3) is 0 Å². The number of thiophene rings is 1. The van der Waals surface area contributed by atoms with E-state index in [1.54, 1.807) is 6.07 Å². The van der Waals surface area contributed by atoms with E-state index in [4.69, 9.17) is 0 Å². The molecule has 0 aliphatic carbocycles. The third-order valence-corrected chi connectivity index (χ3v) is 4.71. The van der Waals surface area contributed by atoms with E-state index in [2.05, 4.69) is 21.3 Å². The van der Waals surface area contributed by atoms with Crippen molar-refractivity contribution in [1.82, 2.24) is 10.3 Å². The smallest absolute Gasteiger partial charge is 0.176 e. The molecule has 0 amide bonds. The molecule has 0 bridgehead atoms. The minimum atomic E-state index is -0.111. The lowest BCUT2D eigenvalue weighted by molar-refractivity contribution is 0.576. The third-order valence-electron chi connectivity index (χ3n) is 3.73. The van der Waals surface area contributed by atoms with E-state index in [1.165, 1.54) is 17.0 Å². The van der Waals surface area contributed by atoms with E-state index in [-0.39, 0.29) is 11.2 Å². The summed E-state index contributed by atoms with van der Waals surface area (Å²) < 4.78 is 13.4. The highest BCUT2D eigenvalue weighted by atomic mass is 32.1. The standard InChI is InChI=1S/C15H18FN3S/c1-17-9-6-13(14-4-5-15(16)20-14)19-10-7-11-12(19)3-2-8-18-11/h2-5,8,13,17H,6-7,9-10H2,1H3/t13-/m0/s1. The zero-order valence-corrected chi connectivity index (χ0v) is 12.3. The molecular formula is C15H18FN3S. The van der Waals surface area contributed by atoms with Crippen LogP contribution >= 0.6 is 11.3 Å². The maximum Gasteiger partial charge on any atom is 0.176 e. The average Bonchev–Trinajstić information content (AvgIpc) is 3.07. The third kappa shape index (κ3) is 2.55. The molecule has 0 unspecified atom stereocenters. The molecule has 0 fully saturated rings. The Morgan fingerprint density at radius 1 is 1.45 bits per heavy atom. The molecule has 2 aromatic heterocycles. The number of anilines is 1. The van der Waals surface area contributed by atoms with Crippen LogP contribution in [0.1, 0.15) is 23.0 Å². The van der Waals surface area contributed by atoms with Gasteiger partial charge in [-0.05, 0) is 44.3 Å². The molecule has 5 heteroatoms. The lowest BCUT2D eigenvalue weighted by Crippen LogP contribution is -2.28. The van der Waals surface area contributed by atoms with E-state index < -0.39 is 0 Å². The molecule has 3 rings (SSSR count). The molecular weight excluding hydrogens is 273 g/mol. The summed E-state index contributed by atoms with van der Waals surface area (Å²) in [6.07, 6.45) is 3.78. The number of pyridine rings is 1. The minimum Gasteiger partial charge on any atom is -0.362 e. The van der Waals surface area contributed by atoms with Crippen LogP contribution in [0.2, 0.25) is 0 Å². The first-order chi connectivity index (χ1) is 9.79. The van der Waals surface area contributed by atoms with Crippen LogP contribution in [0, 0.1) is 5.13 Å². The van der Waals surface area contributed by atoms with Crippen LogP contribution in [-0.2, 0) is 6.42 Å². The monoisotopic (exact) mass is 291 g/mol. The lowest BCUT2D eigenvalue weighted by Gasteiger charge is -2.29. The van der Waals surface area contributed by atoms with Crippen LogP contribution in [0.25, 0.3) is 0 Å². The fraction of sp³-hybridized carbons (Fsp3) is 0.400. The first kappa shape index (κ1) is 13.5. The normalized spacial score (nSPS) is 15.4. The molecule has 0 saturated carbocycles. The van der Waals surface area contributed by atoms with Gasteiger partial charge in [0, 0.05) is 24.0 Å². The molecule has 1 atom stereocenters. The molecule has 106 valence electrons. The van der Waals surface area contributed by atoms with Crippen molar-refractivity contribution < 1.29 is 4.39 Å². The summed E-state index contributed by atoms with van der Waals surface area (Å²) in [5.41, 5.74) is 2.35. The Morgan fingerprint density at radius 3 is 3.10 bits per heavy atom. The molecule has 1 N–H and O–H groups in total. The highest BCUT2D eigenvalue weighted by molar-refractivity contribution is 7.10. The van der Waals surface area contributed by atoms with E-state index in [0.717, 1.165) is 36.5 Å². The number of hydrogen-bond acceptors (Lipinski definition) is 4. The zero-order valence-electron chi connectivity index (χ0n) is 11.5. The largest absolute Gasteiger partial charge is 0.362 e. The SMILES string of the molecule is CNCC[C@@H](c1ccc(F)s1)N1CCc2ncccc21. The summed E-state index contributed by atoms with van der Waals surface area (Å²) in [6.45, 7) is 1.87. The molecule has 0 spiro atoms. The molecule has 1 aliphatic rings. The number of nitrogens with zero attached hydrogens (tertiary/aromatic N) is 2. The number of nitrogens with one attached hydrogen (secondary N) is 1. The summed E-state index contributed by atoms with van der Waals surface area (Å²) in [5.74, 6) is 0. The van der Waals surface area contributed by atoms with Gasteiger partial charge < -0.3 is 10.2 Å². The fourth-order valence-corrected chi connectivity index (χ4v) is 3.67. The molecule has 3 heterocycles. The van der Waals surface area contributed by atoms with Crippen molar-refractivity contribution in [2.75, 3.05) is 25.0 Å². The van der Waals surface area contributed by atoms with Crippen LogP contribution in [-0.4, -0.2) is 25.1 Å². The Hall–Kier alpha value is -1.46. The first-order valence-corrected chi connectivity index (χ1v) is 7.71. The lowest BCUT2D eigenvalue weighted by atomic mass is 10.1. The average molecular weight is 291 g/mol. The number of rotatable bonds is 5. The summed E-state index contributed by atoms with van der Waals surface area (Å²) >= 11 is 1.25. The maximum atomic E-state index is 13.4. The Morgan fingerprint density at radius 2 is 2.35 bits per heavy atom.